The van der Waals surface area contributed by atoms with E-state index in [2.05, 4.69) is 10.6 Å². The lowest BCUT2D eigenvalue weighted by molar-refractivity contribution is -0.116. The Morgan fingerprint density at radius 2 is 1.00 bits per heavy atom. The molecule has 0 bridgehead atoms. The van der Waals surface area contributed by atoms with Gasteiger partial charge in [0.25, 0.3) is 0 Å². The van der Waals surface area contributed by atoms with Gasteiger partial charge in [-0.2, -0.15) is 0 Å². The minimum Gasteiger partial charge on any atom is -0.323 e. The standard InChI is InChI=1S/C6H17NO2P2.C6H14NO2P/c1-10(2,8)5-7-6-11(3,4)9;1-6(8)4-7-5-10(2,3)9/h7H,5-6H2,1-4H3;7H,4-5H2,1-3H3. The first-order valence-corrected chi connectivity index (χ1v) is 15.0. The molecule has 0 atom stereocenters. The second-order valence-electron chi connectivity index (χ2n) is 6.57. The van der Waals surface area contributed by atoms with Crippen molar-refractivity contribution in [2.24, 2.45) is 0 Å². The molecular weight excluding hydrogens is 329 g/mol. The topological polar surface area (TPSA) is 92.3 Å². The lowest BCUT2D eigenvalue weighted by atomic mass is 10.5. The maximum Gasteiger partial charge on any atom is 0.143 e. The molecule has 0 radical (unpaired) electrons. The van der Waals surface area contributed by atoms with Gasteiger partial charge in [-0.25, -0.2) is 0 Å². The molecule has 0 rings (SSSR count). The van der Waals surface area contributed by atoms with Gasteiger partial charge in [0.2, 0.25) is 0 Å². The average Bonchev–Trinajstić information content (AvgIpc) is 2.10. The average molecular weight is 360 g/mol. The van der Waals surface area contributed by atoms with E-state index in [1.807, 2.05) is 0 Å². The summed E-state index contributed by atoms with van der Waals surface area (Å²) in [6.45, 7) is 12.1. The number of nitrogens with one attached hydrogen (secondary N) is 2. The molecule has 0 saturated heterocycles. The summed E-state index contributed by atoms with van der Waals surface area (Å²) in [7, 11) is -5.95. The highest BCUT2D eigenvalue weighted by atomic mass is 31.2. The van der Waals surface area contributed by atoms with Crippen molar-refractivity contribution in [2.45, 2.75) is 6.92 Å². The molecule has 21 heavy (non-hydrogen) atoms. The van der Waals surface area contributed by atoms with E-state index in [4.69, 9.17) is 0 Å². The number of carbonyl (C=O) groups is 1. The van der Waals surface area contributed by atoms with Gasteiger partial charge < -0.3 is 24.3 Å². The third-order valence-corrected chi connectivity index (χ3v) is 4.81. The molecule has 0 aromatic rings. The molecule has 0 aliphatic carbocycles. The summed E-state index contributed by atoms with van der Waals surface area (Å²) < 4.78 is 33.3. The second-order valence-corrected chi connectivity index (χ2v) is 17.0. The summed E-state index contributed by atoms with van der Waals surface area (Å²) >= 11 is 0. The molecule has 0 saturated carbocycles. The quantitative estimate of drug-likeness (QED) is 0.646. The Bertz CT molecular complexity index is 425. The van der Waals surface area contributed by atoms with Crippen LogP contribution in [0.2, 0.25) is 0 Å². The first-order valence-electron chi connectivity index (χ1n) is 6.65. The summed E-state index contributed by atoms with van der Waals surface area (Å²) in [6.07, 6.45) is 1.42. The summed E-state index contributed by atoms with van der Waals surface area (Å²) in [5.74, 6) is 0.0773. The van der Waals surface area contributed by atoms with Crippen molar-refractivity contribution in [1.29, 1.82) is 0 Å². The van der Waals surface area contributed by atoms with Crippen LogP contribution in [0.15, 0.2) is 0 Å². The van der Waals surface area contributed by atoms with Crippen molar-refractivity contribution in [3.8, 4) is 0 Å². The zero-order valence-electron chi connectivity index (χ0n) is 14.3. The van der Waals surface area contributed by atoms with Gasteiger partial charge >= 0.3 is 0 Å². The molecule has 0 aliphatic heterocycles. The molecule has 0 aliphatic rings. The maximum atomic E-state index is 11.1. The highest BCUT2D eigenvalue weighted by Gasteiger charge is 2.10. The van der Waals surface area contributed by atoms with Crippen LogP contribution in [0.3, 0.4) is 0 Å². The summed E-state index contributed by atoms with van der Waals surface area (Å²) in [4.78, 5) is 10.4. The van der Waals surface area contributed by atoms with E-state index >= 15 is 0 Å². The van der Waals surface area contributed by atoms with Gasteiger partial charge in [-0.05, 0) is 46.9 Å². The molecule has 128 valence electrons. The van der Waals surface area contributed by atoms with Crippen molar-refractivity contribution in [3.63, 3.8) is 0 Å². The number of hydrogen-bond donors (Lipinski definition) is 2. The van der Waals surface area contributed by atoms with Gasteiger partial charge in [-0.3, -0.25) is 4.79 Å². The Labute approximate surface area is 129 Å². The maximum absolute atomic E-state index is 11.1. The number of carbonyl (C=O) groups excluding carboxylic acids is 1. The fraction of sp³-hybridized carbons (Fsp3) is 0.917. The van der Waals surface area contributed by atoms with Gasteiger partial charge in [0.15, 0.2) is 0 Å². The van der Waals surface area contributed by atoms with Gasteiger partial charge in [0.05, 0.1) is 28.0 Å². The van der Waals surface area contributed by atoms with Crippen molar-refractivity contribution in [3.05, 3.63) is 0 Å². The molecule has 0 unspecified atom stereocenters. The zero-order chi connectivity index (χ0) is 17.3. The van der Waals surface area contributed by atoms with Crippen molar-refractivity contribution in [1.82, 2.24) is 10.6 Å². The van der Waals surface area contributed by atoms with Gasteiger partial charge in [0, 0.05) is 18.9 Å². The minimum atomic E-state index is -1.99. The van der Waals surface area contributed by atoms with E-state index < -0.39 is 21.4 Å². The molecule has 0 heterocycles. The summed E-state index contributed by atoms with van der Waals surface area (Å²) in [5.41, 5.74) is 0. The molecule has 0 fully saturated rings. The first kappa shape index (κ1) is 23.5. The molecule has 0 aromatic heterocycles. The van der Waals surface area contributed by atoms with E-state index in [9.17, 15) is 18.5 Å². The van der Waals surface area contributed by atoms with Crippen LogP contribution < -0.4 is 10.6 Å². The number of ketones is 1. The van der Waals surface area contributed by atoms with Crippen molar-refractivity contribution < 1.29 is 18.5 Å². The van der Waals surface area contributed by atoms with E-state index in [1.165, 1.54) is 6.92 Å². The summed E-state index contributed by atoms with van der Waals surface area (Å²) in [6, 6.07) is 0. The van der Waals surface area contributed by atoms with Crippen LogP contribution in [0.1, 0.15) is 6.92 Å². The van der Waals surface area contributed by atoms with Crippen LogP contribution in [0, 0.1) is 0 Å². The second kappa shape index (κ2) is 10.1. The fourth-order valence-corrected chi connectivity index (χ4v) is 3.22. The SMILES string of the molecule is CC(=O)CNCP(C)(C)=O.CP(C)(=O)CNCP(C)(C)=O. The number of Topliss-reactive ketones (excluding diaryl/α,β-unsaturated/α-hetero) is 1. The fourth-order valence-electron chi connectivity index (χ4n) is 1.09. The summed E-state index contributed by atoms with van der Waals surface area (Å²) in [5, 5.41) is 5.75. The van der Waals surface area contributed by atoms with E-state index in [0.29, 0.717) is 25.4 Å². The number of hydrogen-bond acceptors (Lipinski definition) is 6. The Morgan fingerprint density at radius 1 is 0.714 bits per heavy atom. The van der Waals surface area contributed by atoms with Crippen molar-refractivity contribution in [2.75, 3.05) is 65.4 Å². The third kappa shape index (κ3) is 29.0. The third-order valence-electron chi connectivity index (χ3n) is 1.85. The molecule has 9 heteroatoms. The van der Waals surface area contributed by atoms with E-state index in [1.54, 1.807) is 40.0 Å². The van der Waals surface area contributed by atoms with Gasteiger partial charge in [-0.1, -0.05) is 0 Å². The lowest BCUT2D eigenvalue weighted by Crippen LogP contribution is -2.21. The van der Waals surface area contributed by atoms with Gasteiger partial charge in [-0.15, -0.1) is 0 Å². The van der Waals surface area contributed by atoms with Crippen LogP contribution in [0.5, 0.6) is 0 Å². The largest absolute Gasteiger partial charge is 0.323 e. The minimum absolute atomic E-state index is 0.0773. The highest BCUT2D eigenvalue weighted by Crippen LogP contribution is 2.37. The zero-order valence-corrected chi connectivity index (χ0v) is 17.0. The molecular formula is C12H31N2O4P3. The Balaban J connectivity index is 0. The highest BCUT2D eigenvalue weighted by molar-refractivity contribution is 7.63. The molecule has 6 nitrogen and oxygen atoms in total. The van der Waals surface area contributed by atoms with Gasteiger partial charge in [0.1, 0.15) is 5.78 Å². The van der Waals surface area contributed by atoms with Crippen LogP contribution >= 0.6 is 21.4 Å². The lowest BCUT2D eigenvalue weighted by Gasteiger charge is -2.10. The monoisotopic (exact) mass is 360 g/mol. The molecule has 0 aromatic carbocycles. The van der Waals surface area contributed by atoms with Crippen molar-refractivity contribution >= 4 is 27.2 Å². The normalized spacial score (nSPS) is 12.5. The molecule has 0 spiro atoms. The predicted molar refractivity (Wildman–Crippen MR) is 94.8 cm³/mol. The molecule has 2 N–H and O–H groups in total. The molecule has 0 amide bonds. The van der Waals surface area contributed by atoms with Crippen LogP contribution in [0.4, 0.5) is 0 Å². The predicted octanol–water partition coefficient (Wildman–Crippen LogP) is 2.48. The Hall–Kier alpha value is 0.280. The van der Waals surface area contributed by atoms with Crippen LogP contribution in [-0.2, 0) is 18.5 Å². The smallest absolute Gasteiger partial charge is 0.143 e. The van der Waals surface area contributed by atoms with E-state index in [0.717, 1.165) is 0 Å². The Morgan fingerprint density at radius 3 is 1.24 bits per heavy atom. The number of rotatable bonds is 8. The van der Waals surface area contributed by atoms with E-state index in [-0.39, 0.29) is 5.78 Å². The van der Waals surface area contributed by atoms with Crippen LogP contribution in [-0.4, -0.2) is 71.2 Å². The Kier molecular flexibility index (Phi) is 11.4. The first-order chi connectivity index (χ1) is 9.12. The van der Waals surface area contributed by atoms with Crippen LogP contribution in [0.25, 0.3) is 0 Å².